The third-order valence-corrected chi connectivity index (χ3v) is 3.57. The molecule has 0 unspecified atom stereocenters. The zero-order valence-corrected chi connectivity index (χ0v) is 13.5. The molecule has 4 nitrogen and oxygen atoms in total. The molecule has 0 radical (unpaired) electrons. The van der Waals surface area contributed by atoms with Gasteiger partial charge in [0.2, 0.25) is 0 Å². The van der Waals surface area contributed by atoms with Crippen LogP contribution < -0.4 is 5.32 Å². The van der Waals surface area contributed by atoms with Crippen LogP contribution in [-0.2, 0) is 12.8 Å². The van der Waals surface area contributed by atoms with Crippen molar-refractivity contribution in [3.8, 4) is 0 Å². The molecule has 1 aromatic carbocycles. The van der Waals surface area contributed by atoms with Crippen molar-refractivity contribution in [3.05, 3.63) is 77.5 Å². The largest absolute Gasteiger partial charge is 0.340 e. The molecule has 2 heterocycles. The molecule has 0 aliphatic heterocycles. The van der Waals surface area contributed by atoms with Crippen molar-refractivity contribution in [2.75, 3.05) is 5.32 Å². The van der Waals surface area contributed by atoms with Crippen LogP contribution >= 0.6 is 0 Å². The van der Waals surface area contributed by atoms with Crippen molar-refractivity contribution in [2.45, 2.75) is 26.7 Å². The number of aryl methyl sites for hydroxylation is 4. The fraction of sp³-hybridized carbons (Fsp3) is 0.211. The van der Waals surface area contributed by atoms with E-state index in [1.807, 2.05) is 62.5 Å². The lowest BCUT2D eigenvalue weighted by Gasteiger charge is -2.11. The maximum atomic E-state index is 4.51. The number of benzene rings is 1. The highest BCUT2D eigenvalue weighted by Crippen LogP contribution is 2.19. The van der Waals surface area contributed by atoms with Crippen molar-refractivity contribution in [3.63, 3.8) is 0 Å². The summed E-state index contributed by atoms with van der Waals surface area (Å²) in [6.07, 6.45) is 3.46. The fourth-order valence-corrected chi connectivity index (χ4v) is 2.57. The Kier molecular flexibility index (Phi) is 4.62. The van der Waals surface area contributed by atoms with Gasteiger partial charge in [0, 0.05) is 29.7 Å². The van der Waals surface area contributed by atoms with Crippen LogP contribution in [0.4, 0.5) is 11.5 Å². The quantitative estimate of drug-likeness (QED) is 0.773. The summed E-state index contributed by atoms with van der Waals surface area (Å²) in [5, 5.41) is 3.38. The van der Waals surface area contributed by atoms with Crippen LogP contribution in [0.5, 0.6) is 0 Å². The van der Waals surface area contributed by atoms with Crippen LogP contribution in [-0.4, -0.2) is 15.0 Å². The summed E-state index contributed by atoms with van der Waals surface area (Å²) >= 11 is 0. The molecule has 0 aliphatic rings. The second kappa shape index (κ2) is 7.01. The lowest BCUT2D eigenvalue weighted by Crippen LogP contribution is -2.04. The van der Waals surface area contributed by atoms with Gasteiger partial charge in [-0.25, -0.2) is 15.0 Å². The molecule has 3 rings (SSSR count). The second-order valence-electron chi connectivity index (χ2n) is 5.57. The van der Waals surface area contributed by atoms with E-state index in [9.17, 15) is 0 Å². The summed E-state index contributed by atoms with van der Waals surface area (Å²) in [6.45, 7) is 4.01. The monoisotopic (exact) mass is 304 g/mol. The van der Waals surface area contributed by atoms with Gasteiger partial charge >= 0.3 is 0 Å². The van der Waals surface area contributed by atoms with Crippen molar-refractivity contribution in [2.24, 2.45) is 0 Å². The molecule has 0 amide bonds. The Morgan fingerprint density at radius 2 is 1.61 bits per heavy atom. The maximum Gasteiger partial charge on any atom is 0.133 e. The summed E-state index contributed by atoms with van der Waals surface area (Å²) in [7, 11) is 0. The maximum absolute atomic E-state index is 4.51. The molecule has 0 saturated heterocycles. The fourth-order valence-electron chi connectivity index (χ4n) is 2.57. The molecule has 0 spiro atoms. The molecule has 1 N–H and O–H groups in total. The molecule has 3 aromatic rings. The van der Waals surface area contributed by atoms with E-state index in [2.05, 4.69) is 26.3 Å². The van der Waals surface area contributed by atoms with Gasteiger partial charge in [0.25, 0.3) is 0 Å². The van der Waals surface area contributed by atoms with Gasteiger partial charge in [0.15, 0.2) is 0 Å². The Balaban J connectivity index is 1.75. The molecule has 0 fully saturated rings. The third-order valence-electron chi connectivity index (χ3n) is 3.57. The highest BCUT2D eigenvalue weighted by atomic mass is 15.0. The van der Waals surface area contributed by atoms with Gasteiger partial charge in [0.05, 0.1) is 0 Å². The van der Waals surface area contributed by atoms with Gasteiger partial charge in [-0.05, 0) is 50.1 Å². The first-order chi connectivity index (χ1) is 11.2. The lowest BCUT2D eigenvalue weighted by molar-refractivity contribution is 0.833. The van der Waals surface area contributed by atoms with Gasteiger partial charge < -0.3 is 5.32 Å². The molecule has 0 saturated carbocycles. The number of nitrogens with zero attached hydrogens (tertiary/aromatic N) is 3. The number of aromatic nitrogens is 3. The molecule has 23 heavy (non-hydrogen) atoms. The molecule has 0 bridgehead atoms. The second-order valence-corrected chi connectivity index (χ2v) is 5.57. The summed E-state index contributed by atoms with van der Waals surface area (Å²) in [4.78, 5) is 13.5. The normalized spacial score (nSPS) is 10.5. The van der Waals surface area contributed by atoms with Crippen molar-refractivity contribution in [1.82, 2.24) is 15.0 Å². The molecular weight excluding hydrogens is 284 g/mol. The van der Waals surface area contributed by atoms with Crippen molar-refractivity contribution >= 4 is 11.5 Å². The summed E-state index contributed by atoms with van der Waals surface area (Å²) in [5.74, 6) is 1.78. The zero-order chi connectivity index (χ0) is 16.1. The van der Waals surface area contributed by atoms with Crippen LogP contribution in [0.2, 0.25) is 0 Å². The number of para-hydroxylation sites is 1. The van der Waals surface area contributed by atoms with E-state index in [1.54, 1.807) is 0 Å². The van der Waals surface area contributed by atoms with Crippen LogP contribution in [0.25, 0.3) is 0 Å². The first-order valence-electron chi connectivity index (χ1n) is 7.78. The lowest BCUT2D eigenvalue weighted by atomic mass is 10.1. The number of anilines is 2. The first kappa shape index (κ1) is 15.2. The third kappa shape index (κ3) is 4.13. The van der Waals surface area contributed by atoms with Crippen molar-refractivity contribution in [1.29, 1.82) is 0 Å². The van der Waals surface area contributed by atoms with E-state index in [-0.39, 0.29) is 0 Å². The molecule has 0 aliphatic carbocycles. The highest BCUT2D eigenvalue weighted by Gasteiger charge is 2.06. The first-order valence-corrected chi connectivity index (χ1v) is 7.78. The molecule has 4 heteroatoms. The molecule has 116 valence electrons. The van der Waals surface area contributed by atoms with E-state index in [4.69, 9.17) is 0 Å². The van der Waals surface area contributed by atoms with E-state index >= 15 is 0 Å². The molecular formula is C19H20N4. The minimum absolute atomic E-state index is 0.803. The van der Waals surface area contributed by atoms with Gasteiger partial charge in [0.1, 0.15) is 11.6 Å². The van der Waals surface area contributed by atoms with Gasteiger partial charge in [-0.2, -0.15) is 0 Å². The number of hydrogen-bond donors (Lipinski definition) is 1. The van der Waals surface area contributed by atoms with Crippen LogP contribution in [0.3, 0.4) is 0 Å². The van der Waals surface area contributed by atoms with Gasteiger partial charge in [-0.1, -0.05) is 24.3 Å². The van der Waals surface area contributed by atoms with Crippen molar-refractivity contribution < 1.29 is 0 Å². The van der Waals surface area contributed by atoms with Crippen LogP contribution in [0, 0.1) is 13.8 Å². The summed E-state index contributed by atoms with van der Waals surface area (Å²) in [6, 6.07) is 16.1. The number of hydrogen-bond acceptors (Lipinski definition) is 4. The Morgan fingerprint density at radius 3 is 2.35 bits per heavy atom. The number of rotatable bonds is 5. The standard InChI is InChI=1S/C19H20N4/c1-14-13-15(2)22-18(21-14)11-10-16-7-6-12-20-19(16)23-17-8-4-3-5-9-17/h3-9,12-13H,10-11H2,1-2H3,(H,20,23). The Morgan fingerprint density at radius 1 is 0.870 bits per heavy atom. The summed E-state index contributed by atoms with van der Waals surface area (Å²) in [5.41, 5.74) is 4.23. The Bertz CT molecular complexity index is 764. The van der Waals surface area contributed by atoms with E-state index in [0.29, 0.717) is 0 Å². The molecule has 2 aromatic heterocycles. The predicted octanol–water partition coefficient (Wildman–Crippen LogP) is 4.02. The summed E-state index contributed by atoms with van der Waals surface area (Å²) < 4.78 is 0. The highest BCUT2D eigenvalue weighted by molar-refractivity contribution is 5.58. The smallest absolute Gasteiger partial charge is 0.133 e. The Labute approximate surface area is 136 Å². The number of pyridine rings is 1. The predicted molar refractivity (Wildman–Crippen MR) is 92.9 cm³/mol. The van der Waals surface area contributed by atoms with E-state index < -0.39 is 0 Å². The van der Waals surface area contributed by atoms with Gasteiger partial charge in [-0.15, -0.1) is 0 Å². The van der Waals surface area contributed by atoms with E-state index in [1.165, 1.54) is 5.56 Å². The van der Waals surface area contributed by atoms with Crippen LogP contribution in [0.15, 0.2) is 54.7 Å². The topological polar surface area (TPSA) is 50.7 Å². The van der Waals surface area contributed by atoms with Gasteiger partial charge in [-0.3, -0.25) is 0 Å². The van der Waals surface area contributed by atoms with E-state index in [0.717, 1.165) is 41.6 Å². The zero-order valence-electron chi connectivity index (χ0n) is 13.5. The Hall–Kier alpha value is -2.75. The minimum atomic E-state index is 0.803. The average molecular weight is 304 g/mol. The average Bonchev–Trinajstić information content (AvgIpc) is 2.54. The SMILES string of the molecule is Cc1cc(C)nc(CCc2cccnc2Nc2ccccc2)n1. The van der Waals surface area contributed by atoms with Crippen LogP contribution in [0.1, 0.15) is 22.8 Å². The minimum Gasteiger partial charge on any atom is -0.340 e. The number of nitrogens with one attached hydrogen (secondary N) is 1. The molecule has 0 atom stereocenters.